The minimum absolute atomic E-state index is 0.322. The normalized spacial score (nSPS) is 12.3. The summed E-state index contributed by atoms with van der Waals surface area (Å²) in [5, 5.41) is 7.35. The Morgan fingerprint density at radius 1 is 1.10 bits per heavy atom. The fourth-order valence-corrected chi connectivity index (χ4v) is 3.26. The van der Waals surface area contributed by atoms with Crippen molar-refractivity contribution in [3.63, 3.8) is 0 Å². The molecular weight excluding hydrogens is 384 g/mol. The number of amides is 1. The van der Waals surface area contributed by atoms with Crippen LogP contribution in [-0.4, -0.2) is 15.7 Å². The first-order valence-electron chi connectivity index (χ1n) is 9.77. The van der Waals surface area contributed by atoms with Crippen LogP contribution in [0.5, 0.6) is 0 Å². The number of nitrogens with zero attached hydrogens (tertiary/aromatic N) is 2. The van der Waals surface area contributed by atoms with Gasteiger partial charge >= 0.3 is 0 Å². The molecule has 0 radical (unpaired) electrons. The van der Waals surface area contributed by atoms with E-state index in [1.54, 1.807) is 13.0 Å². The van der Waals surface area contributed by atoms with E-state index < -0.39 is 17.7 Å². The minimum atomic E-state index is -0.934. The number of carbonyl (C=O) groups excluding carboxylic acids is 1. The van der Waals surface area contributed by atoms with E-state index >= 15 is 0 Å². The number of nitrogens with one attached hydrogen (secondary N) is 1. The maximum Gasteiger partial charge on any atom is 0.244 e. The zero-order valence-corrected chi connectivity index (χ0v) is 17.5. The van der Waals surface area contributed by atoms with E-state index in [0.717, 1.165) is 34.6 Å². The molecule has 0 saturated heterocycles. The third-order valence-electron chi connectivity index (χ3n) is 5.09. The van der Waals surface area contributed by atoms with Crippen molar-refractivity contribution in [1.29, 1.82) is 0 Å². The van der Waals surface area contributed by atoms with Crippen molar-refractivity contribution in [2.45, 2.75) is 40.3 Å². The molecule has 0 aliphatic carbocycles. The predicted octanol–water partition coefficient (Wildman–Crippen LogP) is 5.03. The van der Waals surface area contributed by atoms with Crippen molar-refractivity contribution < 1.29 is 13.6 Å². The molecule has 0 saturated carbocycles. The Balaban J connectivity index is 1.69. The van der Waals surface area contributed by atoms with E-state index in [-0.39, 0.29) is 5.91 Å². The van der Waals surface area contributed by atoms with Crippen molar-refractivity contribution in [2.24, 2.45) is 0 Å². The monoisotopic (exact) mass is 409 g/mol. The lowest BCUT2D eigenvalue weighted by molar-refractivity contribution is -0.117. The lowest BCUT2D eigenvalue weighted by atomic mass is 10.1. The van der Waals surface area contributed by atoms with Crippen LogP contribution in [0.3, 0.4) is 0 Å². The van der Waals surface area contributed by atoms with Gasteiger partial charge in [0.05, 0.1) is 18.3 Å². The third kappa shape index (κ3) is 5.00. The van der Waals surface area contributed by atoms with Gasteiger partial charge in [-0.2, -0.15) is 5.10 Å². The zero-order chi connectivity index (χ0) is 21.8. The molecule has 1 N–H and O–H groups in total. The number of rotatable bonds is 6. The highest BCUT2D eigenvalue weighted by atomic mass is 19.2. The molecule has 30 heavy (non-hydrogen) atoms. The molecule has 1 amide bonds. The first-order chi connectivity index (χ1) is 14.2. The largest absolute Gasteiger partial charge is 0.346 e. The number of hydrogen-bond acceptors (Lipinski definition) is 2. The van der Waals surface area contributed by atoms with Crippen LogP contribution in [0.15, 0.2) is 48.5 Å². The average molecular weight is 409 g/mol. The minimum Gasteiger partial charge on any atom is -0.346 e. The second-order valence-corrected chi connectivity index (χ2v) is 7.46. The number of hydrogen-bond donors (Lipinski definition) is 1. The molecule has 1 aromatic heterocycles. The fourth-order valence-electron chi connectivity index (χ4n) is 3.26. The molecule has 1 unspecified atom stereocenters. The Kier molecular flexibility index (Phi) is 6.45. The molecule has 156 valence electrons. The van der Waals surface area contributed by atoms with Crippen molar-refractivity contribution >= 4 is 12.0 Å². The van der Waals surface area contributed by atoms with Crippen molar-refractivity contribution in [1.82, 2.24) is 15.1 Å². The van der Waals surface area contributed by atoms with E-state index in [9.17, 15) is 13.6 Å². The smallest absolute Gasteiger partial charge is 0.244 e. The van der Waals surface area contributed by atoms with E-state index in [4.69, 9.17) is 0 Å². The van der Waals surface area contributed by atoms with Gasteiger partial charge in [-0.1, -0.05) is 35.9 Å². The van der Waals surface area contributed by atoms with Crippen LogP contribution in [0, 0.1) is 32.4 Å². The molecule has 3 aromatic rings. The topological polar surface area (TPSA) is 46.9 Å². The molecule has 0 bridgehead atoms. The number of halogens is 2. The Morgan fingerprint density at radius 3 is 2.47 bits per heavy atom. The van der Waals surface area contributed by atoms with Crippen LogP contribution in [0.25, 0.3) is 6.08 Å². The summed E-state index contributed by atoms with van der Waals surface area (Å²) in [4.78, 5) is 12.3. The van der Waals surface area contributed by atoms with Crippen molar-refractivity contribution in [3.05, 3.63) is 93.8 Å². The highest BCUT2D eigenvalue weighted by molar-refractivity contribution is 5.92. The lowest BCUT2D eigenvalue weighted by Gasteiger charge is -2.13. The SMILES string of the molecule is Cc1ccc(Cn2nc(C)c(/C=C/C(=O)NC(C)c3ccc(F)c(F)c3)c2C)cc1. The van der Waals surface area contributed by atoms with Gasteiger partial charge in [0.2, 0.25) is 5.91 Å². The maximum absolute atomic E-state index is 13.4. The summed E-state index contributed by atoms with van der Waals surface area (Å²) >= 11 is 0. The van der Waals surface area contributed by atoms with Gasteiger partial charge in [0.15, 0.2) is 11.6 Å². The quantitative estimate of drug-likeness (QED) is 0.581. The van der Waals surface area contributed by atoms with E-state index in [1.165, 1.54) is 17.7 Å². The molecule has 1 heterocycles. The standard InChI is InChI=1S/C24H25F2N3O/c1-15-5-7-19(8-6-15)14-29-18(4)21(17(3)28-29)10-12-24(30)27-16(2)20-9-11-22(25)23(26)13-20/h5-13,16H,14H2,1-4H3,(H,27,30)/b12-10+. The fraction of sp³-hybridized carbons (Fsp3) is 0.250. The molecule has 3 rings (SSSR count). The van der Waals surface area contributed by atoms with Crippen molar-refractivity contribution in [3.8, 4) is 0 Å². The highest BCUT2D eigenvalue weighted by Gasteiger charge is 2.12. The second-order valence-electron chi connectivity index (χ2n) is 7.46. The number of benzene rings is 2. The van der Waals surface area contributed by atoms with E-state index in [0.29, 0.717) is 12.1 Å². The van der Waals surface area contributed by atoms with E-state index in [2.05, 4.69) is 41.6 Å². The molecule has 1 atom stereocenters. The number of aryl methyl sites for hydroxylation is 2. The van der Waals surface area contributed by atoms with Gasteiger partial charge in [-0.05, 0) is 57.0 Å². The molecular formula is C24H25F2N3O. The molecule has 0 spiro atoms. The molecule has 6 heteroatoms. The summed E-state index contributed by atoms with van der Waals surface area (Å²) in [6, 6.07) is 11.4. The first kappa shape index (κ1) is 21.4. The lowest BCUT2D eigenvalue weighted by Crippen LogP contribution is -2.24. The van der Waals surface area contributed by atoms with Gasteiger partial charge in [-0.15, -0.1) is 0 Å². The number of carbonyl (C=O) groups is 1. The second kappa shape index (κ2) is 9.03. The van der Waals surface area contributed by atoms with Gasteiger partial charge in [-0.3, -0.25) is 9.48 Å². The Bertz CT molecular complexity index is 1080. The summed E-state index contributed by atoms with van der Waals surface area (Å²) in [7, 11) is 0. The summed E-state index contributed by atoms with van der Waals surface area (Å²) < 4.78 is 28.4. The Morgan fingerprint density at radius 2 is 1.80 bits per heavy atom. The molecule has 0 aliphatic rings. The average Bonchev–Trinajstić information content (AvgIpc) is 2.96. The molecule has 4 nitrogen and oxygen atoms in total. The third-order valence-corrected chi connectivity index (χ3v) is 5.09. The zero-order valence-electron chi connectivity index (χ0n) is 17.5. The summed E-state index contributed by atoms with van der Waals surface area (Å²) in [5.41, 5.74) is 5.54. The van der Waals surface area contributed by atoms with Crippen LogP contribution in [0.4, 0.5) is 8.78 Å². The molecule has 2 aromatic carbocycles. The van der Waals surface area contributed by atoms with Gasteiger partial charge in [0, 0.05) is 17.3 Å². The Hall–Kier alpha value is -3.28. The van der Waals surface area contributed by atoms with Crippen LogP contribution in [-0.2, 0) is 11.3 Å². The first-order valence-corrected chi connectivity index (χ1v) is 9.77. The summed E-state index contributed by atoms with van der Waals surface area (Å²) in [6.07, 6.45) is 3.17. The van der Waals surface area contributed by atoms with Crippen LogP contribution in [0.2, 0.25) is 0 Å². The van der Waals surface area contributed by atoms with E-state index in [1.807, 2.05) is 18.5 Å². The predicted molar refractivity (Wildman–Crippen MR) is 114 cm³/mol. The summed E-state index contributed by atoms with van der Waals surface area (Å²) in [6.45, 7) is 8.29. The van der Waals surface area contributed by atoms with Crippen molar-refractivity contribution in [2.75, 3.05) is 0 Å². The van der Waals surface area contributed by atoms with Gasteiger partial charge in [-0.25, -0.2) is 8.78 Å². The summed E-state index contributed by atoms with van der Waals surface area (Å²) in [5.74, 6) is -2.17. The van der Waals surface area contributed by atoms with Crippen LogP contribution >= 0.6 is 0 Å². The van der Waals surface area contributed by atoms with Gasteiger partial charge < -0.3 is 5.32 Å². The highest BCUT2D eigenvalue weighted by Crippen LogP contribution is 2.18. The maximum atomic E-state index is 13.4. The molecule has 0 fully saturated rings. The number of aromatic nitrogens is 2. The Labute approximate surface area is 175 Å². The van der Waals surface area contributed by atoms with Gasteiger partial charge in [0.25, 0.3) is 0 Å². The van der Waals surface area contributed by atoms with Crippen LogP contribution < -0.4 is 5.32 Å². The van der Waals surface area contributed by atoms with Crippen LogP contribution in [0.1, 0.15) is 46.6 Å². The molecule has 0 aliphatic heterocycles. The van der Waals surface area contributed by atoms with Gasteiger partial charge in [0.1, 0.15) is 0 Å².